The van der Waals surface area contributed by atoms with Crippen LogP contribution in [-0.2, 0) is 20.7 Å². The zero-order chi connectivity index (χ0) is 12.7. The van der Waals surface area contributed by atoms with Gasteiger partial charge >= 0.3 is 11.9 Å². The first-order valence-electron chi connectivity index (χ1n) is 5.17. The van der Waals surface area contributed by atoms with Gasteiger partial charge in [0.25, 0.3) is 0 Å². The van der Waals surface area contributed by atoms with Gasteiger partial charge in [0.15, 0.2) is 5.13 Å². The molecule has 6 nitrogen and oxygen atoms in total. The first-order valence-corrected chi connectivity index (χ1v) is 6.05. The summed E-state index contributed by atoms with van der Waals surface area (Å²) in [5.74, 6) is -1.17. The van der Waals surface area contributed by atoms with Crippen LogP contribution in [0.25, 0.3) is 0 Å². The smallest absolute Gasteiger partial charge is 0.309 e. The van der Waals surface area contributed by atoms with Crippen LogP contribution in [0, 0.1) is 0 Å². The highest BCUT2D eigenvalue weighted by Crippen LogP contribution is 2.15. The Morgan fingerprint density at radius 1 is 1.59 bits per heavy atom. The summed E-state index contributed by atoms with van der Waals surface area (Å²) in [6.07, 6.45) is 0.178. The molecule has 0 unspecified atom stereocenters. The predicted octanol–water partition coefficient (Wildman–Crippen LogP) is 1.14. The number of esters is 1. The number of rotatable bonds is 7. The molecular weight excluding hydrogens is 244 g/mol. The van der Waals surface area contributed by atoms with Crippen LogP contribution >= 0.6 is 11.3 Å². The molecule has 0 atom stereocenters. The van der Waals surface area contributed by atoms with Gasteiger partial charge in [0, 0.05) is 11.9 Å². The fourth-order valence-corrected chi connectivity index (χ4v) is 1.87. The minimum Gasteiger partial charge on any atom is -0.481 e. The maximum Gasteiger partial charge on any atom is 0.309 e. The van der Waals surface area contributed by atoms with Gasteiger partial charge in [-0.25, -0.2) is 4.98 Å². The van der Waals surface area contributed by atoms with Gasteiger partial charge in [0.05, 0.1) is 25.1 Å². The second kappa shape index (κ2) is 6.85. The van der Waals surface area contributed by atoms with Crippen LogP contribution in [0.5, 0.6) is 0 Å². The number of aromatic nitrogens is 1. The molecule has 0 amide bonds. The molecule has 0 radical (unpaired) electrons. The van der Waals surface area contributed by atoms with Gasteiger partial charge in [-0.1, -0.05) is 0 Å². The Hall–Kier alpha value is -1.63. The van der Waals surface area contributed by atoms with Gasteiger partial charge in [-0.05, 0) is 6.92 Å². The van der Waals surface area contributed by atoms with E-state index in [1.807, 2.05) is 0 Å². The minimum absolute atomic E-state index is 0.0872. The Kier molecular flexibility index (Phi) is 5.41. The number of carbonyl (C=O) groups is 2. The number of hydrogen-bond acceptors (Lipinski definition) is 6. The lowest BCUT2D eigenvalue weighted by Gasteiger charge is -2.02. The van der Waals surface area contributed by atoms with Crippen LogP contribution in [0.2, 0.25) is 0 Å². The molecule has 1 heterocycles. The van der Waals surface area contributed by atoms with E-state index >= 15 is 0 Å². The highest BCUT2D eigenvalue weighted by Gasteiger charge is 2.06. The van der Waals surface area contributed by atoms with E-state index in [9.17, 15) is 9.59 Å². The van der Waals surface area contributed by atoms with Crippen molar-refractivity contribution < 1.29 is 19.4 Å². The molecule has 7 heteroatoms. The minimum atomic E-state index is -0.909. The molecule has 1 aromatic rings. The molecule has 0 aromatic carbocycles. The monoisotopic (exact) mass is 258 g/mol. The quantitative estimate of drug-likeness (QED) is 0.713. The topological polar surface area (TPSA) is 88.5 Å². The third-order valence-corrected chi connectivity index (χ3v) is 2.64. The molecule has 0 saturated carbocycles. The summed E-state index contributed by atoms with van der Waals surface area (Å²) in [5.41, 5.74) is 0.515. The fraction of sp³-hybridized carbons (Fsp3) is 0.500. The van der Waals surface area contributed by atoms with Crippen molar-refractivity contribution in [3.8, 4) is 0 Å². The third-order valence-electron chi connectivity index (χ3n) is 1.79. The molecule has 0 aliphatic heterocycles. The molecule has 0 aliphatic carbocycles. The van der Waals surface area contributed by atoms with Crippen LogP contribution in [0.1, 0.15) is 19.0 Å². The second-order valence-electron chi connectivity index (χ2n) is 3.20. The molecule has 94 valence electrons. The molecule has 17 heavy (non-hydrogen) atoms. The lowest BCUT2D eigenvalue weighted by Crippen LogP contribution is -2.11. The predicted molar refractivity (Wildman–Crippen MR) is 63.2 cm³/mol. The number of ether oxygens (including phenoxy) is 1. The van der Waals surface area contributed by atoms with Crippen molar-refractivity contribution >= 4 is 28.4 Å². The van der Waals surface area contributed by atoms with Gasteiger partial charge in [0.2, 0.25) is 0 Å². The average molecular weight is 258 g/mol. The maximum absolute atomic E-state index is 11.0. The van der Waals surface area contributed by atoms with E-state index in [0.717, 1.165) is 0 Å². The molecule has 0 spiro atoms. The number of carbonyl (C=O) groups excluding carboxylic acids is 1. The van der Waals surface area contributed by atoms with Crippen molar-refractivity contribution in [1.29, 1.82) is 0 Å². The van der Waals surface area contributed by atoms with Gasteiger partial charge in [-0.15, -0.1) is 11.3 Å². The van der Waals surface area contributed by atoms with E-state index < -0.39 is 5.97 Å². The first-order chi connectivity index (χ1) is 8.11. The van der Waals surface area contributed by atoms with Crippen molar-refractivity contribution in [1.82, 2.24) is 4.98 Å². The molecule has 1 aromatic heterocycles. The molecule has 0 bridgehead atoms. The van der Waals surface area contributed by atoms with Crippen molar-refractivity contribution in [2.24, 2.45) is 0 Å². The Morgan fingerprint density at radius 3 is 3.00 bits per heavy atom. The van der Waals surface area contributed by atoms with E-state index in [0.29, 0.717) is 24.0 Å². The van der Waals surface area contributed by atoms with E-state index in [4.69, 9.17) is 9.84 Å². The van der Waals surface area contributed by atoms with E-state index in [2.05, 4.69) is 10.3 Å². The van der Waals surface area contributed by atoms with Gasteiger partial charge < -0.3 is 15.2 Å². The van der Waals surface area contributed by atoms with Crippen molar-refractivity contribution in [3.63, 3.8) is 0 Å². The normalized spacial score (nSPS) is 9.94. The molecule has 2 N–H and O–H groups in total. The summed E-state index contributed by atoms with van der Waals surface area (Å²) >= 11 is 1.32. The van der Waals surface area contributed by atoms with Crippen LogP contribution in [0.3, 0.4) is 0 Å². The zero-order valence-corrected chi connectivity index (χ0v) is 10.2. The number of hydrogen-bond donors (Lipinski definition) is 2. The first kappa shape index (κ1) is 13.4. The molecular formula is C10H14N2O4S. The number of carboxylic acids is 1. The van der Waals surface area contributed by atoms with Crippen molar-refractivity contribution in [2.75, 3.05) is 18.5 Å². The summed E-state index contributed by atoms with van der Waals surface area (Å²) in [7, 11) is 0. The Balaban J connectivity index is 2.30. The summed E-state index contributed by atoms with van der Waals surface area (Å²) in [6, 6.07) is 0. The number of anilines is 1. The molecule has 0 fully saturated rings. The average Bonchev–Trinajstić information content (AvgIpc) is 2.65. The zero-order valence-electron chi connectivity index (χ0n) is 9.43. The van der Waals surface area contributed by atoms with Gasteiger partial charge in [-0.3, -0.25) is 9.59 Å². The van der Waals surface area contributed by atoms with E-state index in [1.165, 1.54) is 11.3 Å². The largest absolute Gasteiger partial charge is 0.481 e. The summed E-state index contributed by atoms with van der Waals surface area (Å²) in [4.78, 5) is 25.5. The van der Waals surface area contributed by atoms with E-state index in [-0.39, 0.29) is 18.8 Å². The highest BCUT2D eigenvalue weighted by atomic mass is 32.1. The second-order valence-corrected chi connectivity index (χ2v) is 4.05. The summed E-state index contributed by atoms with van der Waals surface area (Å²) < 4.78 is 4.76. The van der Waals surface area contributed by atoms with Gasteiger partial charge in [-0.2, -0.15) is 0 Å². The third kappa shape index (κ3) is 5.30. The number of carboxylic acid groups (broad SMARTS) is 1. The number of aliphatic carboxylic acids is 1. The lowest BCUT2D eigenvalue weighted by molar-refractivity contribution is -0.142. The highest BCUT2D eigenvalue weighted by molar-refractivity contribution is 7.13. The van der Waals surface area contributed by atoms with Crippen molar-refractivity contribution in [3.05, 3.63) is 11.1 Å². The molecule has 0 saturated heterocycles. The lowest BCUT2D eigenvalue weighted by atomic mass is 10.3. The van der Waals surface area contributed by atoms with Crippen LogP contribution in [0.4, 0.5) is 5.13 Å². The SMILES string of the molecule is CCOC(=O)CCNc1nc(CC(=O)O)cs1. The van der Waals surface area contributed by atoms with Crippen molar-refractivity contribution in [2.45, 2.75) is 19.8 Å². The fourth-order valence-electron chi connectivity index (χ4n) is 1.13. The van der Waals surface area contributed by atoms with E-state index in [1.54, 1.807) is 12.3 Å². The summed E-state index contributed by atoms with van der Waals surface area (Å²) in [6.45, 7) is 2.56. The molecule has 1 rings (SSSR count). The van der Waals surface area contributed by atoms with Crippen LogP contribution < -0.4 is 5.32 Å². The number of nitrogens with one attached hydrogen (secondary N) is 1. The number of nitrogens with zero attached hydrogens (tertiary/aromatic N) is 1. The van der Waals surface area contributed by atoms with Crippen LogP contribution in [-0.4, -0.2) is 35.2 Å². The number of thiazole rings is 1. The Labute approximate surface area is 103 Å². The van der Waals surface area contributed by atoms with Gasteiger partial charge in [0.1, 0.15) is 0 Å². The molecule has 0 aliphatic rings. The summed E-state index contributed by atoms with van der Waals surface area (Å²) in [5, 5.41) is 13.8. The Bertz CT molecular complexity index is 391. The standard InChI is InChI=1S/C10H14N2O4S/c1-2-16-9(15)3-4-11-10-12-7(6-17-10)5-8(13)14/h6H,2-5H2,1H3,(H,11,12)(H,13,14). The Morgan fingerprint density at radius 2 is 2.35 bits per heavy atom. The van der Waals surface area contributed by atoms with Crippen LogP contribution in [0.15, 0.2) is 5.38 Å². The maximum atomic E-state index is 11.0.